The van der Waals surface area contributed by atoms with Crippen LogP contribution in [0.2, 0.25) is 0 Å². The molecule has 0 spiro atoms. The predicted octanol–water partition coefficient (Wildman–Crippen LogP) is 0.280. The molecule has 2 rings (SSSR count). The van der Waals surface area contributed by atoms with Crippen LogP contribution in [0, 0.1) is 11.3 Å². The lowest BCUT2D eigenvalue weighted by atomic mass is 9.78. The molecule has 1 amide bonds. The van der Waals surface area contributed by atoms with Gasteiger partial charge in [-0.2, -0.15) is 0 Å². The maximum Gasteiger partial charge on any atom is 0.228 e. The van der Waals surface area contributed by atoms with Crippen molar-refractivity contribution in [1.82, 2.24) is 10.6 Å². The number of carbonyl (C=O) groups excluding carboxylic acids is 1. The summed E-state index contributed by atoms with van der Waals surface area (Å²) in [6.07, 6.45) is 4.74. The Morgan fingerprint density at radius 2 is 2.16 bits per heavy atom. The summed E-state index contributed by atoms with van der Waals surface area (Å²) in [5.74, 6) is 0.339. The van der Waals surface area contributed by atoms with E-state index >= 15 is 0 Å². The van der Waals surface area contributed by atoms with E-state index in [1.54, 1.807) is 7.11 Å². The molecule has 1 saturated carbocycles. The van der Waals surface area contributed by atoms with Crippen molar-refractivity contribution in [3.63, 3.8) is 0 Å². The van der Waals surface area contributed by atoms with Gasteiger partial charge >= 0.3 is 0 Å². The highest BCUT2D eigenvalue weighted by atomic mass is 16.5. The van der Waals surface area contributed by atoms with Gasteiger partial charge in [-0.1, -0.05) is 6.42 Å². The standard InChI is InChI=1S/C14H26N2O3/c1-19-10-14(5-7-15-8-6-14)13(18)16-12-4-2-3-11(12)9-17/h11-12,15,17H,2-10H2,1H3,(H,16,18). The lowest BCUT2D eigenvalue weighted by Crippen LogP contribution is -2.53. The van der Waals surface area contributed by atoms with Gasteiger partial charge in [-0.25, -0.2) is 0 Å². The topological polar surface area (TPSA) is 70.6 Å². The van der Waals surface area contributed by atoms with Crippen LogP contribution in [0.25, 0.3) is 0 Å². The fourth-order valence-corrected chi connectivity index (χ4v) is 3.39. The maximum atomic E-state index is 12.6. The summed E-state index contributed by atoms with van der Waals surface area (Å²) in [5.41, 5.74) is -0.386. The zero-order valence-corrected chi connectivity index (χ0v) is 11.8. The molecule has 0 aromatic carbocycles. The van der Waals surface area contributed by atoms with Crippen molar-refractivity contribution in [3.8, 4) is 0 Å². The monoisotopic (exact) mass is 270 g/mol. The van der Waals surface area contributed by atoms with Crippen molar-refractivity contribution in [2.75, 3.05) is 33.4 Å². The summed E-state index contributed by atoms with van der Waals surface area (Å²) < 4.78 is 5.29. The lowest BCUT2D eigenvalue weighted by Gasteiger charge is -2.37. The first-order chi connectivity index (χ1) is 9.22. The number of methoxy groups -OCH3 is 1. The van der Waals surface area contributed by atoms with E-state index in [9.17, 15) is 9.90 Å². The third-order valence-electron chi connectivity index (χ3n) is 4.67. The van der Waals surface area contributed by atoms with Crippen LogP contribution in [-0.4, -0.2) is 50.5 Å². The van der Waals surface area contributed by atoms with Crippen LogP contribution in [0.5, 0.6) is 0 Å². The van der Waals surface area contributed by atoms with Gasteiger partial charge in [0, 0.05) is 25.7 Å². The van der Waals surface area contributed by atoms with Crippen LogP contribution < -0.4 is 10.6 Å². The molecule has 5 nitrogen and oxygen atoms in total. The van der Waals surface area contributed by atoms with Crippen LogP contribution in [0.15, 0.2) is 0 Å². The molecule has 1 saturated heterocycles. The van der Waals surface area contributed by atoms with Crippen molar-refractivity contribution < 1.29 is 14.6 Å². The fourth-order valence-electron chi connectivity index (χ4n) is 3.39. The fraction of sp³-hybridized carbons (Fsp3) is 0.929. The number of aliphatic hydroxyl groups excluding tert-OH is 1. The zero-order chi connectivity index (χ0) is 13.7. The lowest BCUT2D eigenvalue weighted by molar-refractivity contribution is -0.137. The first-order valence-electron chi connectivity index (χ1n) is 7.33. The van der Waals surface area contributed by atoms with Crippen molar-refractivity contribution in [1.29, 1.82) is 0 Å². The molecule has 2 unspecified atom stereocenters. The molecule has 0 bridgehead atoms. The van der Waals surface area contributed by atoms with E-state index in [1.807, 2.05) is 0 Å². The van der Waals surface area contributed by atoms with E-state index in [1.165, 1.54) is 0 Å². The number of rotatable bonds is 5. The number of ether oxygens (including phenoxy) is 1. The van der Waals surface area contributed by atoms with Gasteiger partial charge in [-0.05, 0) is 38.8 Å². The van der Waals surface area contributed by atoms with Gasteiger partial charge in [-0.15, -0.1) is 0 Å². The zero-order valence-electron chi connectivity index (χ0n) is 11.8. The Morgan fingerprint density at radius 1 is 1.42 bits per heavy atom. The normalized spacial score (nSPS) is 30.2. The molecule has 1 heterocycles. The van der Waals surface area contributed by atoms with Crippen LogP contribution >= 0.6 is 0 Å². The Hall–Kier alpha value is -0.650. The first-order valence-corrected chi connectivity index (χ1v) is 7.33. The van der Waals surface area contributed by atoms with Gasteiger partial charge in [0.1, 0.15) is 0 Å². The van der Waals surface area contributed by atoms with E-state index in [0.717, 1.165) is 45.2 Å². The number of piperidine rings is 1. The van der Waals surface area contributed by atoms with Gasteiger partial charge in [0.2, 0.25) is 5.91 Å². The maximum absolute atomic E-state index is 12.6. The minimum atomic E-state index is -0.386. The van der Waals surface area contributed by atoms with E-state index in [4.69, 9.17) is 4.74 Å². The molecule has 110 valence electrons. The summed E-state index contributed by atoms with van der Waals surface area (Å²) in [6.45, 7) is 2.39. The minimum absolute atomic E-state index is 0.112. The second-order valence-electron chi connectivity index (χ2n) is 5.92. The molecule has 1 aliphatic heterocycles. The molecular formula is C14H26N2O3. The number of nitrogens with one attached hydrogen (secondary N) is 2. The number of amides is 1. The molecule has 2 atom stereocenters. The Morgan fingerprint density at radius 3 is 2.79 bits per heavy atom. The SMILES string of the molecule is COCC1(C(=O)NC2CCCC2CO)CCNCC1. The second kappa shape index (κ2) is 6.68. The molecule has 3 N–H and O–H groups in total. The van der Waals surface area contributed by atoms with Crippen molar-refractivity contribution in [3.05, 3.63) is 0 Å². The first kappa shape index (κ1) is 14.8. The van der Waals surface area contributed by atoms with Crippen LogP contribution in [0.4, 0.5) is 0 Å². The predicted molar refractivity (Wildman–Crippen MR) is 72.8 cm³/mol. The van der Waals surface area contributed by atoms with Crippen molar-refractivity contribution >= 4 is 5.91 Å². The molecule has 2 fully saturated rings. The van der Waals surface area contributed by atoms with Gasteiger partial charge in [0.15, 0.2) is 0 Å². The smallest absolute Gasteiger partial charge is 0.228 e. The van der Waals surface area contributed by atoms with Gasteiger partial charge in [-0.3, -0.25) is 4.79 Å². The number of hydrogen-bond acceptors (Lipinski definition) is 4. The summed E-state index contributed by atoms with van der Waals surface area (Å²) in [4.78, 5) is 12.6. The van der Waals surface area contributed by atoms with E-state index < -0.39 is 0 Å². The quantitative estimate of drug-likeness (QED) is 0.671. The van der Waals surface area contributed by atoms with Crippen LogP contribution in [-0.2, 0) is 9.53 Å². The highest BCUT2D eigenvalue weighted by Gasteiger charge is 2.41. The third-order valence-corrected chi connectivity index (χ3v) is 4.67. The number of aliphatic hydroxyl groups is 1. The second-order valence-corrected chi connectivity index (χ2v) is 5.92. The molecule has 1 aliphatic carbocycles. The van der Waals surface area contributed by atoms with Crippen molar-refractivity contribution in [2.45, 2.75) is 38.1 Å². The number of hydrogen-bond donors (Lipinski definition) is 3. The Bertz CT molecular complexity index is 298. The minimum Gasteiger partial charge on any atom is -0.396 e. The molecule has 0 aromatic rings. The molecule has 2 aliphatic rings. The van der Waals surface area contributed by atoms with Crippen LogP contribution in [0.3, 0.4) is 0 Å². The molecular weight excluding hydrogens is 244 g/mol. The van der Waals surface area contributed by atoms with Gasteiger partial charge < -0.3 is 20.5 Å². The highest BCUT2D eigenvalue weighted by Crippen LogP contribution is 2.32. The summed E-state index contributed by atoms with van der Waals surface area (Å²) in [5, 5.41) is 15.8. The largest absolute Gasteiger partial charge is 0.396 e. The average Bonchev–Trinajstić information content (AvgIpc) is 2.87. The summed E-state index contributed by atoms with van der Waals surface area (Å²) in [6, 6.07) is 0.140. The average molecular weight is 270 g/mol. The molecule has 19 heavy (non-hydrogen) atoms. The molecule has 0 aromatic heterocycles. The third kappa shape index (κ3) is 3.27. The molecule has 5 heteroatoms. The van der Waals surface area contributed by atoms with Gasteiger partial charge in [0.05, 0.1) is 12.0 Å². The van der Waals surface area contributed by atoms with Crippen molar-refractivity contribution in [2.24, 2.45) is 11.3 Å². The Labute approximate surface area is 115 Å². The molecule has 0 radical (unpaired) electrons. The van der Waals surface area contributed by atoms with E-state index in [0.29, 0.717) is 6.61 Å². The summed E-state index contributed by atoms with van der Waals surface area (Å²) in [7, 11) is 1.66. The Balaban J connectivity index is 1.99. The Kier molecular flexibility index (Phi) is 5.19. The van der Waals surface area contributed by atoms with E-state index in [-0.39, 0.29) is 29.9 Å². The number of carbonyl (C=O) groups is 1. The van der Waals surface area contributed by atoms with Crippen LogP contribution in [0.1, 0.15) is 32.1 Å². The van der Waals surface area contributed by atoms with Gasteiger partial charge in [0.25, 0.3) is 0 Å². The summed E-state index contributed by atoms with van der Waals surface area (Å²) >= 11 is 0. The van der Waals surface area contributed by atoms with E-state index in [2.05, 4.69) is 10.6 Å². The highest BCUT2D eigenvalue weighted by molar-refractivity contribution is 5.83.